The second-order valence-electron chi connectivity index (χ2n) is 5.28. The average molecular weight is 429 g/mol. The molecule has 0 aliphatic rings. The lowest BCUT2D eigenvalue weighted by atomic mass is 10.3. The van der Waals surface area contributed by atoms with Crippen LogP contribution >= 0.6 is 15.9 Å². The van der Waals surface area contributed by atoms with E-state index in [0.717, 1.165) is 11.8 Å². The second kappa shape index (κ2) is 29.9. The number of aromatic nitrogens is 1. The Kier molecular flexibility index (Phi) is 41.1. The summed E-state index contributed by atoms with van der Waals surface area (Å²) < 4.78 is 0. The van der Waals surface area contributed by atoms with E-state index < -0.39 is 12.3 Å². The van der Waals surface area contributed by atoms with Gasteiger partial charge in [0.25, 0.3) is 0 Å². The molecule has 0 amide bonds. The SMILES string of the molecule is CBr.CC(C)C.CC(C)C.Nc1ccccn1.O=C(O)O.O=C(O)O. The first-order chi connectivity index (χ1) is 11.3. The number of nitrogens with two attached hydrogens (primary N) is 1. The molecule has 1 aromatic rings. The van der Waals surface area contributed by atoms with Crippen molar-refractivity contribution in [3.8, 4) is 0 Å². The van der Waals surface area contributed by atoms with Gasteiger partial charge < -0.3 is 26.2 Å². The summed E-state index contributed by atoms with van der Waals surface area (Å²) in [6, 6.07) is 5.43. The lowest BCUT2D eigenvalue weighted by Crippen LogP contribution is -1.85. The van der Waals surface area contributed by atoms with Crippen LogP contribution in [0.3, 0.4) is 0 Å². The third-order valence-corrected chi connectivity index (χ3v) is 0.688. The van der Waals surface area contributed by atoms with Gasteiger partial charge in [0.2, 0.25) is 0 Å². The fourth-order valence-electron chi connectivity index (χ4n) is 0.376. The molecule has 25 heavy (non-hydrogen) atoms. The minimum atomic E-state index is -1.83. The smallest absolute Gasteiger partial charge is 0.450 e. The highest BCUT2D eigenvalue weighted by Crippen LogP contribution is 1.89. The molecule has 1 rings (SSSR count). The number of hydrogen-bond donors (Lipinski definition) is 5. The van der Waals surface area contributed by atoms with Crippen molar-refractivity contribution in [3.05, 3.63) is 24.4 Å². The van der Waals surface area contributed by atoms with Crippen LogP contribution in [0.15, 0.2) is 24.4 Å². The number of anilines is 1. The average Bonchev–Trinajstić information content (AvgIpc) is 2.39. The van der Waals surface area contributed by atoms with Gasteiger partial charge in [0.1, 0.15) is 5.82 Å². The van der Waals surface area contributed by atoms with E-state index in [-0.39, 0.29) is 0 Å². The van der Waals surface area contributed by atoms with Crippen molar-refractivity contribution in [1.29, 1.82) is 0 Å². The van der Waals surface area contributed by atoms with Crippen LogP contribution in [0.25, 0.3) is 0 Å². The first-order valence-corrected chi connectivity index (χ1v) is 8.79. The molecular formula is C16H33BrN2O6. The molecule has 0 spiro atoms. The molecule has 0 aliphatic carbocycles. The Bertz CT molecular complexity index is 345. The molecule has 8 nitrogen and oxygen atoms in total. The molecule has 0 saturated carbocycles. The number of nitrogen functional groups attached to an aromatic ring is 1. The summed E-state index contributed by atoms with van der Waals surface area (Å²) in [4.78, 5) is 20.9. The van der Waals surface area contributed by atoms with Gasteiger partial charge >= 0.3 is 12.3 Å². The van der Waals surface area contributed by atoms with Gasteiger partial charge in [-0.25, -0.2) is 14.6 Å². The van der Waals surface area contributed by atoms with Gasteiger partial charge in [-0.15, -0.1) is 0 Å². The van der Waals surface area contributed by atoms with Gasteiger partial charge in [0.15, 0.2) is 0 Å². The standard InChI is InChI=1S/C5H6N2.2C4H10.CH3Br.2CH2O3/c6-5-3-1-2-4-7-5;2*1-4(2)3;1-2;2*2-1(3)4/h1-4H,(H2,6,7);2*4H,1-3H3;1H3;2*(H2,2,3,4). The van der Waals surface area contributed by atoms with E-state index in [1.165, 1.54) is 0 Å². The number of halogens is 1. The Morgan fingerprint density at radius 1 is 0.880 bits per heavy atom. The molecule has 1 heterocycles. The molecule has 6 N–H and O–H groups in total. The Hall–Kier alpha value is -2.03. The summed E-state index contributed by atoms with van der Waals surface area (Å²) in [5, 5.41) is 27.9. The molecule has 0 unspecified atom stereocenters. The Balaban J connectivity index is -0.0000000669. The monoisotopic (exact) mass is 428 g/mol. The summed E-state index contributed by atoms with van der Waals surface area (Å²) in [7, 11) is 0. The molecular weight excluding hydrogens is 396 g/mol. The molecule has 0 aromatic carbocycles. The molecule has 0 saturated heterocycles. The fourth-order valence-corrected chi connectivity index (χ4v) is 0.376. The number of nitrogens with zero attached hydrogens (tertiary/aromatic N) is 1. The van der Waals surface area contributed by atoms with Crippen molar-refractivity contribution in [1.82, 2.24) is 4.98 Å². The predicted octanol–water partition coefficient (Wildman–Crippen LogP) is 5.44. The number of pyridine rings is 1. The minimum Gasteiger partial charge on any atom is -0.450 e. The highest BCUT2D eigenvalue weighted by molar-refractivity contribution is 9.08. The van der Waals surface area contributed by atoms with Gasteiger partial charge in [0.05, 0.1) is 0 Å². The van der Waals surface area contributed by atoms with E-state index in [9.17, 15) is 0 Å². The molecule has 0 atom stereocenters. The van der Waals surface area contributed by atoms with Crippen molar-refractivity contribution < 1.29 is 30.0 Å². The third-order valence-electron chi connectivity index (χ3n) is 0.688. The van der Waals surface area contributed by atoms with Crippen LogP contribution in [0.5, 0.6) is 0 Å². The third kappa shape index (κ3) is 246. The van der Waals surface area contributed by atoms with Gasteiger partial charge in [-0.1, -0.05) is 63.5 Å². The van der Waals surface area contributed by atoms with E-state index in [0.29, 0.717) is 5.82 Å². The predicted molar refractivity (Wildman–Crippen MR) is 106 cm³/mol. The highest BCUT2D eigenvalue weighted by Gasteiger charge is 1.73. The van der Waals surface area contributed by atoms with Crippen molar-refractivity contribution in [3.63, 3.8) is 0 Å². The summed E-state index contributed by atoms with van der Waals surface area (Å²) in [5.41, 5.74) is 5.25. The first-order valence-electron chi connectivity index (χ1n) is 7.20. The Labute approximate surface area is 158 Å². The Morgan fingerprint density at radius 2 is 1.12 bits per heavy atom. The highest BCUT2D eigenvalue weighted by atomic mass is 79.9. The molecule has 0 aliphatic heterocycles. The second-order valence-corrected chi connectivity index (χ2v) is 5.28. The van der Waals surface area contributed by atoms with E-state index in [2.05, 4.69) is 62.5 Å². The van der Waals surface area contributed by atoms with Gasteiger partial charge in [-0.05, 0) is 29.8 Å². The van der Waals surface area contributed by atoms with E-state index in [4.69, 9.17) is 35.7 Å². The zero-order valence-corrected chi connectivity index (χ0v) is 17.6. The number of alkyl halides is 1. The van der Waals surface area contributed by atoms with Crippen LogP contribution in [-0.2, 0) is 0 Å². The summed E-state index contributed by atoms with van der Waals surface area (Å²) in [5.74, 6) is 4.05. The quantitative estimate of drug-likeness (QED) is 0.341. The zero-order valence-electron chi connectivity index (χ0n) is 16.0. The van der Waals surface area contributed by atoms with Crippen molar-refractivity contribution in [2.75, 3.05) is 11.6 Å². The lowest BCUT2D eigenvalue weighted by molar-refractivity contribution is 0.135. The topological polar surface area (TPSA) is 154 Å². The van der Waals surface area contributed by atoms with Crippen LogP contribution in [0, 0.1) is 11.8 Å². The number of carboxylic acid groups (broad SMARTS) is 4. The Morgan fingerprint density at radius 3 is 1.20 bits per heavy atom. The molecule has 9 heteroatoms. The van der Waals surface area contributed by atoms with Gasteiger partial charge in [-0.2, -0.15) is 0 Å². The van der Waals surface area contributed by atoms with Crippen LogP contribution in [-0.4, -0.2) is 43.6 Å². The number of carbonyl (C=O) groups is 2. The van der Waals surface area contributed by atoms with Gasteiger partial charge in [0, 0.05) is 6.20 Å². The molecule has 1 aromatic heterocycles. The maximum Gasteiger partial charge on any atom is 0.503 e. The number of rotatable bonds is 0. The van der Waals surface area contributed by atoms with Crippen LogP contribution in [0.4, 0.5) is 15.4 Å². The minimum absolute atomic E-state index is 0.572. The van der Waals surface area contributed by atoms with Crippen LogP contribution < -0.4 is 5.73 Å². The normalized spacial score (nSPS) is 7.44. The fraction of sp³-hybridized carbons (Fsp3) is 0.562. The summed E-state index contributed by atoms with van der Waals surface area (Å²) in [6.45, 7) is 13.0. The zero-order chi connectivity index (χ0) is 21.4. The lowest BCUT2D eigenvalue weighted by Gasteiger charge is -1.82. The molecule has 150 valence electrons. The summed E-state index contributed by atoms with van der Waals surface area (Å²) in [6.07, 6.45) is -2.00. The maximum atomic E-state index is 8.56. The van der Waals surface area contributed by atoms with Crippen molar-refractivity contribution in [2.24, 2.45) is 11.8 Å². The molecule has 0 radical (unpaired) electrons. The van der Waals surface area contributed by atoms with Gasteiger partial charge in [-0.3, -0.25) is 0 Å². The van der Waals surface area contributed by atoms with Crippen LogP contribution in [0.2, 0.25) is 0 Å². The largest absolute Gasteiger partial charge is 0.503 e. The van der Waals surface area contributed by atoms with E-state index in [1.807, 2.05) is 18.0 Å². The van der Waals surface area contributed by atoms with E-state index >= 15 is 0 Å². The summed E-state index contributed by atoms with van der Waals surface area (Å²) >= 11 is 2.94. The maximum absolute atomic E-state index is 8.56. The first kappa shape index (κ1) is 34.3. The molecule has 0 bridgehead atoms. The van der Waals surface area contributed by atoms with Crippen molar-refractivity contribution in [2.45, 2.75) is 41.5 Å². The van der Waals surface area contributed by atoms with Crippen LogP contribution in [0.1, 0.15) is 41.5 Å². The number of hydrogen-bond acceptors (Lipinski definition) is 4. The molecule has 0 fully saturated rings. The van der Waals surface area contributed by atoms with Crippen molar-refractivity contribution >= 4 is 34.1 Å². The van der Waals surface area contributed by atoms with E-state index in [1.54, 1.807) is 12.3 Å².